The minimum Gasteiger partial charge on any atom is -0.550 e. The molecule has 6 rings (SSSR count). The van der Waals surface area contributed by atoms with Gasteiger partial charge in [0.1, 0.15) is 23.9 Å². The van der Waals surface area contributed by atoms with Gasteiger partial charge in [0.2, 0.25) is 0 Å². The third-order valence-corrected chi connectivity index (χ3v) is 6.41. The standard InChI is InChI=1S/C26H23N3O4.Na/c1-15-27-20-6-2-3-7-22(20)29(15)23-8-4-5-19-21(14-33-26(19)23)28-17-9-10-18-16(11-25(30)31)13-32-24(18)12-17;/h2-10,12,16,21,28H,11,13-14H2,1H3,(H,30,31);/q;+1/p-1/t16-,21-;/m1./s1. The van der Waals surface area contributed by atoms with E-state index in [-0.39, 0.29) is 47.9 Å². The van der Waals surface area contributed by atoms with Crippen molar-refractivity contribution in [3.63, 3.8) is 0 Å². The molecule has 0 bridgehead atoms. The Morgan fingerprint density at radius 1 is 1.09 bits per heavy atom. The number of ether oxygens (including phenoxy) is 2. The smallest absolute Gasteiger partial charge is 0.550 e. The van der Waals surface area contributed by atoms with Gasteiger partial charge in [0, 0.05) is 34.8 Å². The molecule has 1 aromatic heterocycles. The molecular formula is C26H22N3NaO4. The Hall–Kier alpha value is -3.00. The zero-order valence-electron chi connectivity index (χ0n) is 19.1. The average Bonchev–Trinajstić information content (AvgIpc) is 3.48. The fourth-order valence-corrected chi connectivity index (χ4v) is 4.91. The van der Waals surface area contributed by atoms with E-state index < -0.39 is 5.97 Å². The van der Waals surface area contributed by atoms with Gasteiger partial charge in [0.05, 0.1) is 29.4 Å². The number of anilines is 1. The molecule has 1 N–H and O–H groups in total. The second kappa shape index (κ2) is 8.98. The van der Waals surface area contributed by atoms with Crippen molar-refractivity contribution < 1.29 is 48.9 Å². The predicted octanol–water partition coefficient (Wildman–Crippen LogP) is 0.500. The van der Waals surface area contributed by atoms with E-state index in [4.69, 9.17) is 14.5 Å². The number of fused-ring (bicyclic) bond motifs is 3. The second-order valence-electron chi connectivity index (χ2n) is 8.52. The van der Waals surface area contributed by atoms with Crippen LogP contribution in [0, 0.1) is 6.92 Å². The number of nitrogens with one attached hydrogen (secondary N) is 1. The average molecular weight is 463 g/mol. The number of aliphatic carboxylic acids is 1. The molecule has 7 nitrogen and oxygen atoms in total. The van der Waals surface area contributed by atoms with E-state index >= 15 is 0 Å². The van der Waals surface area contributed by atoms with Gasteiger partial charge >= 0.3 is 29.6 Å². The van der Waals surface area contributed by atoms with Crippen LogP contribution in [0.25, 0.3) is 16.7 Å². The Morgan fingerprint density at radius 2 is 1.94 bits per heavy atom. The largest absolute Gasteiger partial charge is 1.00 e. The van der Waals surface area contributed by atoms with E-state index in [2.05, 4.69) is 28.1 Å². The number of rotatable bonds is 5. The van der Waals surface area contributed by atoms with Crippen LogP contribution in [-0.4, -0.2) is 28.7 Å². The third kappa shape index (κ3) is 3.83. The van der Waals surface area contributed by atoms with Crippen molar-refractivity contribution in [2.24, 2.45) is 0 Å². The molecular weight excluding hydrogens is 441 g/mol. The maximum Gasteiger partial charge on any atom is 1.00 e. The zero-order valence-corrected chi connectivity index (χ0v) is 21.1. The van der Waals surface area contributed by atoms with E-state index in [0.29, 0.717) is 13.2 Å². The van der Waals surface area contributed by atoms with Crippen molar-refractivity contribution in [1.82, 2.24) is 9.55 Å². The molecule has 0 aliphatic carbocycles. The van der Waals surface area contributed by atoms with E-state index in [1.807, 2.05) is 49.4 Å². The summed E-state index contributed by atoms with van der Waals surface area (Å²) in [6, 6.07) is 20.1. The van der Waals surface area contributed by atoms with Crippen LogP contribution in [0.1, 0.15) is 35.3 Å². The van der Waals surface area contributed by atoms with E-state index in [0.717, 1.165) is 50.9 Å². The Bertz CT molecular complexity index is 1400. The topological polar surface area (TPSA) is 88.4 Å². The maximum atomic E-state index is 11.0. The van der Waals surface area contributed by atoms with Crippen molar-refractivity contribution in [3.8, 4) is 17.2 Å². The summed E-state index contributed by atoms with van der Waals surface area (Å²) < 4.78 is 14.1. The number of hydrogen-bond acceptors (Lipinski definition) is 6. The van der Waals surface area contributed by atoms with Gasteiger partial charge in [-0.05, 0) is 37.6 Å². The Kier molecular flexibility index (Phi) is 6.02. The molecule has 0 spiro atoms. The quantitative estimate of drug-likeness (QED) is 0.434. The number of nitrogens with zero attached hydrogens (tertiary/aromatic N) is 2. The van der Waals surface area contributed by atoms with Gasteiger partial charge in [-0.1, -0.05) is 30.3 Å². The van der Waals surface area contributed by atoms with Crippen LogP contribution in [0.3, 0.4) is 0 Å². The number of carboxylic acids is 1. The van der Waals surface area contributed by atoms with Crippen LogP contribution < -0.4 is 49.5 Å². The molecule has 0 amide bonds. The molecule has 0 saturated carbocycles. The summed E-state index contributed by atoms with van der Waals surface area (Å²) in [5.41, 5.74) is 5.88. The number of aryl methyl sites for hydroxylation is 1. The second-order valence-corrected chi connectivity index (χ2v) is 8.52. The van der Waals surface area contributed by atoms with Crippen molar-refractivity contribution in [2.45, 2.75) is 25.3 Å². The molecule has 2 aliphatic rings. The number of para-hydroxylation sites is 3. The monoisotopic (exact) mass is 463 g/mol. The van der Waals surface area contributed by atoms with Crippen LogP contribution >= 0.6 is 0 Å². The SMILES string of the molecule is Cc1nc2ccccc2n1-c1cccc2c1OC[C@H]2Nc1ccc2c(c1)OC[C@H]2CC(=O)[O-].[Na+]. The van der Waals surface area contributed by atoms with Gasteiger partial charge in [-0.15, -0.1) is 0 Å². The zero-order chi connectivity index (χ0) is 22.5. The summed E-state index contributed by atoms with van der Waals surface area (Å²) in [5, 5.41) is 14.5. The normalized spacial score (nSPS) is 17.9. The molecule has 8 heteroatoms. The van der Waals surface area contributed by atoms with E-state index in [1.165, 1.54) is 0 Å². The number of aromatic nitrogens is 2. The number of carbonyl (C=O) groups is 1. The molecule has 3 aromatic carbocycles. The first kappa shape index (κ1) is 22.8. The van der Waals surface area contributed by atoms with Crippen LogP contribution in [0.4, 0.5) is 5.69 Å². The molecule has 4 aromatic rings. The van der Waals surface area contributed by atoms with Gasteiger partial charge in [-0.2, -0.15) is 0 Å². The fraction of sp³-hybridized carbons (Fsp3) is 0.231. The summed E-state index contributed by atoms with van der Waals surface area (Å²) in [7, 11) is 0. The predicted molar refractivity (Wildman–Crippen MR) is 122 cm³/mol. The van der Waals surface area contributed by atoms with Crippen LogP contribution in [0.5, 0.6) is 11.5 Å². The first-order valence-corrected chi connectivity index (χ1v) is 11.0. The molecule has 34 heavy (non-hydrogen) atoms. The molecule has 3 heterocycles. The Labute approximate surface area is 219 Å². The number of carbonyl (C=O) groups excluding carboxylic acids is 1. The molecule has 0 unspecified atom stereocenters. The van der Waals surface area contributed by atoms with Gasteiger partial charge in [-0.25, -0.2) is 4.98 Å². The molecule has 0 radical (unpaired) electrons. The first-order chi connectivity index (χ1) is 16.1. The van der Waals surface area contributed by atoms with Crippen molar-refractivity contribution in [2.75, 3.05) is 18.5 Å². The number of benzene rings is 3. The molecule has 2 atom stereocenters. The van der Waals surface area contributed by atoms with Gasteiger partial charge in [0.15, 0.2) is 0 Å². The van der Waals surface area contributed by atoms with Gasteiger partial charge in [-0.3, -0.25) is 4.57 Å². The van der Waals surface area contributed by atoms with Gasteiger partial charge in [0.25, 0.3) is 0 Å². The van der Waals surface area contributed by atoms with Crippen molar-refractivity contribution >= 4 is 22.7 Å². The summed E-state index contributed by atoms with van der Waals surface area (Å²) in [5.74, 6) is 1.26. The fourth-order valence-electron chi connectivity index (χ4n) is 4.91. The van der Waals surface area contributed by atoms with Crippen molar-refractivity contribution in [1.29, 1.82) is 0 Å². The Morgan fingerprint density at radius 3 is 2.79 bits per heavy atom. The first-order valence-electron chi connectivity index (χ1n) is 11.0. The number of imidazole rings is 1. The maximum absolute atomic E-state index is 11.0. The van der Waals surface area contributed by atoms with E-state index in [9.17, 15) is 9.90 Å². The minimum absolute atomic E-state index is 0. The molecule has 0 fully saturated rings. The number of carboxylic acid groups (broad SMARTS) is 1. The van der Waals surface area contributed by atoms with Crippen LogP contribution in [0.2, 0.25) is 0 Å². The molecule has 2 aliphatic heterocycles. The van der Waals surface area contributed by atoms with Crippen LogP contribution in [0.15, 0.2) is 60.7 Å². The van der Waals surface area contributed by atoms with E-state index in [1.54, 1.807) is 0 Å². The van der Waals surface area contributed by atoms with Crippen LogP contribution in [-0.2, 0) is 4.79 Å². The molecule has 166 valence electrons. The van der Waals surface area contributed by atoms with Crippen molar-refractivity contribution in [3.05, 3.63) is 77.6 Å². The summed E-state index contributed by atoms with van der Waals surface area (Å²) in [6.07, 6.45) is -0.0330. The third-order valence-electron chi connectivity index (χ3n) is 6.41. The van der Waals surface area contributed by atoms with Gasteiger partial charge < -0.3 is 24.7 Å². The Balaban J connectivity index is 0.00000241. The summed E-state index contributed by atoms with van der Waals surface area (Å²) in [4.78, 5) is 15.7. The minimum atomic E-state index is -1.06. The summed E-state index contributed by atoms with van der Waals surface area (Å²) in [6.45, 7) is 2.87. The number of hydrogen-bond donors (Lipinski definition) is 1. The summed E-state index contributed by atoms with van der Waals surface area (Å²) >= 11 is 0. The molecule has 0 saturated heterocycles.